The van der Waals surface area contributed by atoms with Gasteiger partial charge >= 0.3 is 6.18 Å². The van der Waals surface area contributed by atoms with Crippen LogP contribution in [0.15, 0.2) is 29.4 Å². The zero-order valence-electron chi connectivity index (χ0n) is 12.3. The van der Waals surface area contributed by atoms with Crippen LogP contribution in [0.25, 0.3) is 0 Å². The summed E-state index contributed by atoms with van der Waals surface area (Å²) in [4.78, 5) is 23.6. The Bertz CT molecular complexity index is 574. The first kappa shape index (κ1) is 16.5. The third-order valence-corrected chi connectivity index (χ3v) is 4.18. The summed E-state index contributed by atoms with van der Waals surface area (Å²) in [6.07, 6.45) is -4.37. The van der Waals surface area contributed by atoms with Crippen LogP contribution in [0, 0.1) is 11.8 Å². The van der Waals surface area contributed by atoms with Crippen molar-refractivity contribution >= 4 is 5.91 Å². The van der Waals surface area contributed by atoms with Crippen LogP contribution in [0.2, 0.25) is 0 Å². The molecule has 0 spiro atoms. The Morgan fingerprint density at radius 1 is 1.32 bits per heavy atom. The van der Waals surface area contributed by atoms with Gasteiger partial charge in [0.1, 0.15) is 6.54 Å². The highest BCUT2D eigenvalue weighted by atomic mass is 19.4. The molecule has 120 valence electrons. The molecular weight excluding hydrogens is 297 g/mol. The summed E-state index contributed by atoms with van der Waals surface area (Å²) >= 11 is 0. The second-order valence-electron chi connectivity index (χ2n) is 5.64. The van der Waals surface area contributed by atoms with E-state index >= 15 is 0 Å². The molecule has 1 heterocycles. The van der Waals surface area contributed by atoms with E-state index < -0.39 is 30.7 Å². The summed E-state index contributed by atoms with van der Waals surface area (Å²) < 4.78 is 38.2. The number of rotatable bonds is 3. The van der Waals surface area contributed by atoms with E-state index in [2.05, 4.69) is 5.18 Å². The maximum absolute atomic E-state index is 12.7. The normalized spacial score (nSPS) is 26.1. The van der Waals surface area contributed by atoms with E-state index in [0.717, 1.165) is 16.0 Å². The average molecular weight is 314 g/mol. The first-order valence-electron chi connectivity index (χ1n) is 7.00. The Morgan fingerprint density at radius 2 is 1.95 bits per heavy atom. The topological polar surface area (TPSA) is 49.7 Å². The van der Waals surface area contributed by atoms with Gasteiger partial charge in [0.05, 0.1) is 0 Å². The van der Waals surface area contributed by atoms with Gasteiger partial charge in [0.2, 0.25) is 0 Å². The number of alkyl halides is 3. The Morgan fingerprint density at radius 3 is 2.50 bits per heavy atom. The Balaban J connectivity index is 2.37. The number of amides is 1. The first-order chi connectivity index (χ1) is 10.2. The van der Waals surface area contributed by atoms with Crippen molar-refractivity contribution in [1.29, 1.82) is 0 Å². The molecule has 7 heteroatoms. The fourth-order valence-corrected chi connectivity index (χ4v) is 3.04. The molecule has 0 radical (unpaired) electrons. The zero-order chi connectivity index (χ0) is 16.5. The van der Waals surface area contributed by atoms with E-state index in [9.17, 15) is 22.9 Å². The number of carbonyl (C=O) groups is 1. The molecule has 1 aliphatic heterocycles. The van der Waals surface area contributed by atoms with Crippen molar-refractivity contribution in [1.82, 2.24) is 4.90 Å². The van der Waals surface area contributed by atoms with Gasteiger partial charge < -0.3 is 4.90 Å². The summed E-state index contributed by atoms with van der Waals surface area (Å²) in [6, 6.07) is 5.40. The number of benzene rings is 1. The van der Waals surface area contributed by atoms with E-state index in [4.69, 9.17) is 0 Å². The highest BCUT2D eigenvalue weighted by molar-refractivity contribution is 5.83. The predicted octanol–water partition coefficient (Wildman–Crippen LogP) is 3.40. The van der Waals surface area contributed by atoms with Gasteiger partial charge in [-0.15, -0.1) is 4.91 Å². The number of halogens is 3. The molecule has 4 nitrogen and oxygen atoms in total. The van der Waals surface area contributed by atoms with Crippen LogP contribution >= 0.6 is 0 Å². The number of nitrogens with zero attached hydrogens (tertiary/aromatic N) is 2. The molecule has 0 N–H and O–H groups in total. The van der Waals surface area contributed by atoms with Crippen molar-refractivity contribution in [2.45, 2.75) is 44.4 Å². The summed E-state index contributed by atoms with van der Waals surface area (Å²) in [5, 5.41) is 2.74. The van der Waals surface area contributed by atoms with E-state index in [1.165, 1.54) is 0 Å². The van der Waals surface area contributed by atoms with E-state index in [1.807, 2.05) is 25.1 Å². The monoisotopic (exact) mass is 314 g/mol. The van der Waals surface area contributed by atoms with Crippen molar-refractivity contribution in [3.63, 3.8) is 0 Å². The van der Waals surface area contributed by atoms with E-state index in [0.29, 0.717) is 0 Å². The third-order valence-electron chi connectivity index (χ3n) is 4.18. The molecule has 1 amide bonds. The summed E-state index contributed by atoms with van der Waals surface area (Å²) in [6.45, 7) is 2.08. The molecule has 0 unspecified atom stereocenters. The minimum Gasteiger partial charge on any atom is -0.328 e. The number of hydrogen-bond acceptors (Lipinski definition) is 3. The molecule has 1 aromatic carbocycles. The van der Waals surface area contributed by atoms with E-state index in [-0.39, 0.29) is 12.3 Å². The molecule has 0 bridgehead atoms. The smallest absolute Gasteiger partial charge is 0.328 e. The van der Waals surface area contributed by atoms with Gasteiger partial charge in [-0.1, -0.05) is 29.4 Å². The van der Waals surface area contributed by atoms with Crippen LogP contribution in [0.1, 0.15) is 30.4 Å². The van der Waals surface area contributed by atoms with Crippen molar-refractivity contribution in [2.75, 3.05) is 6.54 Å². The quantitative estimate of drug-likeness (QED) is 0.803. The molecule has 1 fully saturated rings. The Kier molecular flexibility index (Phi) is 4.53. The number of nitroso groups, excluding NO2 is 1. The fraction of sp³-hybridized carbons (Fsp3) is 0.533. The van der Waals surface area contributed by atoms with Gasteiger partial charge in [-0.25, -0.2) is 0 Å². The Hall–Kier alpha value is -1.92. The molecule has 1 saturated heterocycles. The van der Waals surface area contributed by atoms with Gasteiger partial charge in [-0.3, -0.25) is 4.79 Å². The van der Waals surface area contributed by atoms with Crippen molar-refractivity contribution in [2.24, 2.45) is 5.18 Å². The lowest BCUT2D eigenvalue weighted by molar-refractivity contribution is -0.170. The van der Waals surface area contributed by atoms with Gasteiger partial charge in [-0.2, -0.15) is 13.2 Å². The lowest BCUT2D eigenvalue weighted by Crippen LogP contribution is -2.54. The van der Waals surface area contributed by atoms with Gasteiger partial charge in [0.25, 0.3) is 5.91 Å². The van der Waals surface area contributed by atoms with Gasteiger partial charge in [0, 0.05) is 12.0 Å². The van der Waals surface area contributed by atoms with Crippen LogP contribution < -0.4 is 0 Å². The number of carbonyl (C=O) groups excluding carboxylic acids is 1. The van der Waals surface area contributed by atoms with Crippen molar-refractivity contribution in [3.8, 4) is 0 Å². The molecule has 0 aliphatic carbocycles. The predicted molar refractivity (Wildman–Crippen MR) is 75.4 cm³/mol. The maximum Gasteiger partial charge on any atom is 0.406 e. The molecule has 3 atom stereocenters. The second-order valence-corrected chi connectivity index (χ2v) is 5.64. The highest BCUT2D eigenvalue weighted by Crippen LogP contribution is 2.37. The molecule has 22 heavy (non-hydrogen) atoms. The fourth-order valence-electron chi connectivity index (χ4n) is 3.04. The number of piperidine rings is 1. The second kappa shape index (κ2) is 6.06. The average Bonchev–Trinajstić information content (AvgIpc) is 2.44. The lowest BCUT2D eigenvalue weighted by atomic mass is 9.80. The lowest BCUT2D eigenvalue weighted by Gasteiger charge is -2.41. The highest BCUT2D eigenvalue weighted by Gasteiger charge is 2.45. The number of aryl methyl sites for hydroxylation is 1. The van der Waals surface area contributed by atoms with Gasteiger partial charge in [0.15, 0.2) is 6.04 Å². The summed E-state index contributed by atoms with van der Waals surface area (Å²) in [5.41, 5.74) is 1.77. The van der Waals surface area contributed by atoms with Crippen LogP contribution in [0.4, 0.5) is 13.2 Å². The molecule has 1 aromatic rings. The molecule has 0 aromatic heterocycles. The summed E-state index contributed by atoms with van der Waals surface area (Å²) in [7, 11) is 0. The molecule has 0 saturated carbocycles. The third kappa shape index (κ3) is 3.28. The molecule has 2 rings (SSSR count). The number of likely N-dealkylation sites (tertiary alicyclic amines) is 1. The minimum atomic E-state index is -4.51. The summed E-state index contributed by atoms with van der Waals surface area (Å²) in [5.74, 6) is -1.19. The SMILES string of the molecule is Cc1ccccc1[C@@H]1C[C@H](N=O)C(=O)N(CC(F)(F)F)[C@@H]1C. The van der Waals surface area contributed by atoms with Crippen molar-refractivity contribution < 1.29 is 18.0 Å². The van der Waals surface area contributed by atoms with Crippen molar-refractivity contribution in [3.05, 3.63) is 40.3 Å². The standard InChI is InChI=1S/C15H17F3N2O2/c1-9-5-3-4-6-11(9)12-7-13(19-22)14(21)20(10(12)2)8-15(16,17)18/h3-6,10,12-13H,7-8H2,1-2H3/t10-,12-,13+/m1/s1. The first-order valence-corrected chi connectivity index (χ1v) is 7.00. The van der Waals surface area contributed by atoms with Crippen LogP contribution in [-0.2, 0) is 4.79 Å². The Labute approximate surface area is 126 Å². The van der Waals surface area contributed by atoms with Crippen LogP contribution in [0.3, 0.4) is 0 Å². The van der Waals surface area contributed by atoms with Crippen LogP contribution in [0.5, 0.6) is 0 Å². The van der Waals surface area contributed by atoms with Gasteiger partial charge in [-0.05, 0) is 31.4 Å². The van der Waals surface area contributed by atoms with E-state index in [1.54, 1.807) is 13.0 Å². The minimum absolute atomic E-state index is 0.142. The van der Waals surface area contributed by atoms with Crippen LogP contribution in [-0.4, -0.2) is 35.6 Å². The largest absolute Gasteiger partial charge is 0.406 e. The zero-order valence-corrected chi connectivity index (χ0v) is 12.3. The molecular formula is C15H17F3N2O2. The molecule has 1 aliphatic rings. The maximum atomic E-state index is 12.7. The number of hydrogen-bond donors (Lipinski definition) is 0.